The lowest BCUT2D eigenvalue weighted by Crippen LogP contribution is -2.44. The van der Waals surface area contributed by atoms with Crippen LogP contribution in [-0.2, 0) is 14.3 Å². The van der Waals surface area contributed by atoms with Gasteiger partial charge in [0, 0.05) is 0 Å². The molecule has 1 heterocycles. The molecule has 98 valence electrons. The summed E-state index contributed by atoms with van der Waals surface area (Å²) in [6, 6.07) is 2.28. The predicted molar refractivity (Wildman–Crippen MR) is 60.7 cm³/mol. The smallest absolute Gasteiger partial charge is 0.328 e. The van der Waals surface area contributed by atoms with E-state index in [0.717, 1.165) is 0 Å². The number of carbonyl (C=O) groups excluding carboxylic acids is 3. The fourth-order valence-electron chi connectivity index (χ4n) is 1.18. The molecule has 7 nitrogen and oxygen atoms in total. The molecule has 0 saturated carbocycles. The maximum Gasteiger partial charge on any atom is 0.328 e. The minimum atomic E-state index is -0.761. The Balaban J connectivity index is 2.33. The lowest BCUT2D eigenvalue weighted by atomic mass is 10.3. The Hall–Kier alpha value is -2.31. The van der Waals surface area contributed by atoms with Gasteiger partial charge in [0.05, 0.1) is 19.9 Å². The van der Waals surface area contributed by atoms with Gasteiger partial charge in [-0.3, -0.25) is 9.59 Å². The molecular formula is C11H14N2O5. The Morgan fingerprint density at radius 2 is 2.17 bits per heavy atom. The summed E-state index contributed by atoms with van der Waals surface area (Å²) in [7, 11) is 1.23. The summed E-state index contributed by atoms with van der Waals surface area (Å²) in [4.78, 5) is 33.8. The standard InChI is InChI=1S/C11H14N2O5/c1-7(11(16)17-2)13-9(14)6-12-10(15)8-4-3-5-18-8/h3-5,7H,6H2,1-2H3,(H,12,15)(H,13,14). The van der Waals surface area contributed by atoms with Gasteiger partial charge in [-0.05, 0) is 19.1 Å². The highest BCUT2D eigenvalue weighted by molar-refractivity contribution is 5.94. The van der Waals surface area contributed by atoms with E-state index in [1.807, 2.05) is 0 Å². The Morgan fingerprint density at radius 1 is 1.44 bits per heavy atom. The van der Waals surface area contributed by atoms with Crippen molar-refractivity contribution in [2.75, 3.05) is 13.7 Å². The van der Waals surface area contributed by atoms with Gasteiger partial charge in [-0.1, -0.05) is 0 Å². The van der Waals surface area contributed by atoms with E-state index in [9.17, 15) is 14.4 Å². The second-order valence-electron chi connectivity index (χ2n) is 3.47. The summed E-state index contributed by atoms with van der Waals surface area (Å²) in [5, 5.41) is 4.72. The van der Waals surface area contributed by atoms with Gasteiger partial charge in [0.2, 0.25) is 5.91 Å². The van der Waals surface area contributed by atoms with Crippen molar-refractivity contribution in [3.05, 3.63) is 24.2 Å². The van der Waals surface area contributed by atoms with Crippen LogP contribution in [0.5, 0.6) is 0 Å². The first-order valence-corrected chi connectivity index (χ1v) is 5.23. The third-order valence-corrected chi connectivity index (χ3v) is 2.09. The SMILES string of the molecule is COC(=O)C(C)NC(=O)CNC(=O)c1ccco1. The number of nitrogens with one attached hydrogen (secondary N) is 2. The first-order valence-electron chi connectivity index (χ1n) is 5.23. The van der Waals surface area contributed by atoms with E-state index in [0.29, 0.717) is 0 Å². The molecule has 0 aliphatic heterocycles. The summed E-state index contributed by atoms with van der Waals surface area (Å²) in [6.45, 7) is 1.24. The number of esters is 1. The van der Waals surface area contributed by atoms with E-state index in [1.165, 1.54) is 26.4 Å². The largest absolute Gasteiger partial charge is 0.467 e. The molecule has 2 N–H and O–H groups in total. The number of methoxy groups -OCH3 is 1. The highest BCUT2D eigenvalue weighted by Gasteiger charge is 2.16. The van der Waals surface area contributed by atoms with Crippen LogP contribution in [0.4, 0.5) is 0 Å². The molecule has 0 bridgehead atoms. The molecule has 0 saturated heterocycles. The van der Waals surface area contributed by atoms with E-state index < -0.39 is 23.8 Å². The van der Waals surface area contributed by atoms with E-state index in [1.54, 1.807) is 6.07 Å². The van der Waals surface area contributed by atoms with Crippen LogP contribution in [0.3, 0.4) is 0 Å². The molecule has 2 amide bonds. The van der Waals surface area contributed by atoms with Crippen LogP contribution in [0.15, 0.2) is 22.8 Å². The molecular weight excluding hydrogens is 240 g/mol. The average molecular weight is 254 g/mol. The second-order valence-corrected chi connectivity index (χ2v) is 3.47. The lowest BCUT2D eigenvalue weighted by molar-refractivity contribution is -0.144. The second kappa shape index (κ2) is 6.43. The maximum absolute atomic E-state index is 11.4. The molecule has 0 spiro atoms. The highest BCUT2D eigenvalue weighted by atomic mass is 16.5. The van der Waals surface area contributed by atoms with Crippen molar-refractivity contribution >= 4 is 17.8 Å². The molecule has 7 heteroatoms. The first kappa shape index (κ1) is 13.8. The van der Waals surface area contributed by atoms with Crippen molar-refractivity contribution in [2.45, 2.75) is 13.0 Å². The van der Waals surface area contributed by atoms with Crippen molar-refractivity contribution in [3.8, 4) is 0 Å². The summed E-state index contributed by atoms with van der Waals surface area (Å²) < 4.78 is 9.29. The average Bonchev–Trinajstić information content (AvgIpc) is 2.88. The maximum atomic E-state index is 11.4. The number of hydrogen-bond acceptors (Lipinski definition) is 5. The molecule has 18 heavy (non-hydrogen) atoms. The third kappa shape index (κ3) is 3.93. The molecule has 1 aromatic heterocycles. The van der Waals surface area contributed by atoms with Gasteiger partial charge >= 0.3 is 5.97 Å². The van der Waals surface area contributed by atoms with E-state index >= 15 is 0 Å². The van der Waals surface area contributed by atoms with Crippen LogP contribution in [0.2, 0.25) is 0 Å². The monoisotopic (exact) mass is 254 g/mol. The molecule has 1 rings (SSSR count). The predicted octanol–water partition coefficient (Wildman–Crippen LogP) is -0.313. The fourth-order valence-corrected chi connectivity index (χ4v) is 1.18. The zero-order chi connectivity index (χ0) is 13.5. The third-order valence-electron chi connectivity index (χ3n) is 2.09. The highest BCUT2D eigenvalue weighted by Crippen LogP contribution is 1.98. The zero-order valence-corrected chi connectivity index (χ0v) is 10.1. The van der Waals surface area contributed by atoms with Crippen LogP contribution in [0.25, 0.3) is 0 Å². The van der Waals surface area contributed by atoms with Crippen LogP contribution in [-0.4, -0.2) is 37.5 Å². The quantitative estimate of drug-likeness (QED) is 0.702. The summed E-state index contributed by atoms with van der Waals surface area (Å²) in [5.74, 6) is -1.43. The molecule has 0 fully saturated rings. The Labute approximate surface area is 103 Å². The molecule has 0 radical (unpaired) electrons. The number of furan rings is 1. The Bertz CT molecular complexity index is 427. The normalized spacial score (nSPS) is 11.4. The van der Waals surface area contributed by atoms with Gasteiger partial charge in [0.25, 0.3) is 5.91 Å². The number of rotatable bonds is 5. The van der Waals surface area contributed by atoms with Gasteiger partial charge in [-0.25, -0.2) is 4.79 Å². The number of hydrogen-bond donors (Lipinski definition) is 2. The van der Waals surface area contributed by atoms with E-state index in [-0.39, 0.29) is 12.3 Å². The summed E-state index contributed by atoms with van der Waals surface area (Å²) in [6.07, 6.45) is 1.36. The molecule has 0 aliphatic carbocycles. The van der Waals surface area contributed by atoms with Gasteiger partial charge in [-0.2, -0.15) is 0 Å². The topological polar surface area (TPSA) is 97.6 Å². The molecule has 1 atom stereocenters. The van der Waals surface area contributed by atoms with Gasteiger partial charge in [-0.15, -0.1) is 0 Å². The summed E-state index contributed by atoms with van der Waals surface area (Å²) >= 11 is 0. The molecule has 1 aromatic rings. The van der Waals surface area contributed by atoms with Crippen LogP contribution < -0.4 is 10.6 Å². The minimum Gasteiger partial charge on any atom is -0.467 e. The van der Waals surface area contributed by atoms with Gasteiger partial charge in [0.15, 0.2) is 5.76 Å². The summed E-state index contributed by atoms with van der Waals surface area (Å²) in [5.41, 5.74) is 0. The van der Waals surface area contributed by atoms with Crippen LogP contribution >= 0.6 is 0 Å². The fraction of sp³-hybridized carbons (Fsp3) is 0.364. The van der Waals surface area contributed by atoms with Crippen molar-refractivity contribution < 1.29 is 23.5 Å². The molecule has 0 aliphatic rings. The Morgan fingerprint density at radius 3 is 2.72 bits per heavy atom. The molecule has 1 unspecified atom stereocenters. The van der Waals surface area contributed by atoms with E-state index in [4.69, 9.17) is 4.42 Å². The lowest BCUT2D eigenvalue weighted by Gasteiger charge is -2.11. The first-order chi connectivity index (χ1) is 8.54. The van der Waals surface area contributed by atoms with Crippen LogP contribution in [0.1, 0.15) is 17.5 Å². The number of carbonyl (C=O) groups is 3. The zero-order valence-electron chi connectivity index (χ0n) is 10.1. The van der Waals surface area contributed by atoms with Crippen molar-refractivity contribution in [1.29, 1.82) is 0 Å². The molecule has 0 aromatic carbocycles. The Kier molecular flexibility index (Phi) is 4.91. The number of amides is 2. The van der Waals surface area contributed by atoms with Crippen molar-refractivity contribution in [1.82, 2.24) is 10.6 Å². The van der Waals surface area contributed by atoms with Crippen LogP contribution in [0, 0.1) is 0 Å². The minimum absolute atomic E-state index is 0.115. The number of ether oxygens (including phenoxy) is 1. The van der Waals surface area contributed by atoms with Crippen molar-refractivity contribution in [3.63, 3.8) is 0 Å². The van der Waals surface area contributed by atoms with Crippen molar-refractivity contribution in [2.24, 2.45) is 0 Å². The van der Waals surface area contributed by atoms with E-state index in [2.05, 4.69) is 15.4 Å². The van der Waals surface area contributed by atoms with Gasteiger partial charge < -0.3 is 19.8 Å². The van der Waals surface area contributed by atoms with Gasteiger partial charge in [0.1, 0.15) is 6.04 Å².